The number of aryl methyl sites for hydroxylation is 2. The first-order valence-corrected chi connectivity index (χ1v) is 10.8. The van der Waals surface area contributed by atoms with Crippen LogP contribution in [0, 0.1) is 12.7 Å². The van der Waals surface area contributed by atoms with Crippen molar-refractivity contribution < 1.29 is 23.3 Å². The summed E-state index contributed by atoms with van der Waals surface area (Å²) in [4.78, 5) is 0. The molecule has 0 aliphatic rings. The van der Waals surface area contributed by atoms with Crippen molar-refractivity contribution in [3.63, 3.8) is 0 Å². The van der Waals surface area contributed by atoms with E-state index in [0.29, 0.717) is 29.9 Å². The molecule has 7 heteroatoms. The summed E-state index contributed by atoms with van der Waals surface area (Å²) in [6, 6.07) is 19.9. The first-order valence-electron chi connectivity index (χ1n) is 9.94. The van der Waals surface area contributed by atoms with Crippen molar-refractivity contribution >= 4 is 8.69 Å². The molecule has 3 rings (SSSR count). The van der Waals surface area contributed by atoms with E-state index in [2.05, 4.69) is 0 Å². The number of rotatable bonds is 10. The molecule has 0 aliphatic carbocycles. The Balaban J connectivity index is 1.66. The molecule has 0 aromatic heterocycles. The summed E-state index contributed by atoms with van der Waals surface area (Å²) in [5.41, 5.74) is 8.49. The van der Waals surface area contributed by atoms with E-state index in [1.165, 1.54) is 6.07 Å². The van der Waals surface area contributed by atoms with E-state index in [1.54, 1.807) is 12.1 Å². The number of aliphatic hydroxyl groups is 1. The van der Waals surface area contributed by atoms with Gasteiger partial charge in [-0.3, -0.25) is 0 Å². The van der Waals surface area contributed by atoms with Crippen LogP contribution in [0.5, 0.6) is 11.5 Å². The van der Waals surface area contributed by atoms with Crippen molar-refractivity contribution in [1.82, 2.24) is 0 Å². The molecular formula is C24H26FNO4P+. The second-order valence-electron chi connectivity index (χ2n) is 7.65. The van der Waals surface area contributed by atoms with Crippen molar-refractivity contribution in [2.75, 3.05) is 13.2 Å². The van der Waals surface area contributed by atoms with E-state index in [0.717, 1.165) is 16.7 Å². The third-order valence-electron chi connectivity index (χ3n) is 5.11. The lowest BCUT2D eigenvalue weighted by Crippen LogP contribution is -2.47. The lowest BCUT2D eigenvalue weighted by Gasteiger charge is -2.24. The minimum absolute atomic E-state index is 0.0196. The lowest BCUT2D eigenvalue weighted by atomic mass is 9.93. The standard InChI is InChI=1S/C24H26FNO4P/c1-17-2-8-20(9-3-17)30-21-10-11-22(23(25)14-21)19-6-4-18(5-7-19)12-13-24(26,15-27)16-29-31-28/h2-11,14,27,31H,12-13,15-16,26H2,1H3/q+1. The van der Waals surface area contributed by atoms with Crippen LogP contribution in [0.2, 0.25) is 0 Å². The first-order chi connectivity index (χ1) is 14.9. The molecule has 0 heterocycles. The summed E-state index contributed by atoms with van der Waals surface area (Å²) < 4.78 is 35.8. The van der Waals surface area contributed by atoms with Gasteiger partial charge in [-0.05, 0) is 59.7 Å². The van der Waals surface area contributed by atoms with Gasteiger partial charge in [-0.2, -0.15) is 0 Å². The Morgan fingerprint density at radius 2 is 1.71 bits per heavy atom. The quantitative estimate of drug-likeness (QED) is 0.423. The van der Waals surface area contributed by atoms with Crippen LogP contribution >= 0.6 is 8.69 Å². The number of nitrogens with two attached hydrogens (primary N) is 1. The number of hydrogen-bond donors (Lipinski definition) is 2. The predicted octanol–water partition coefficient (Wildman–Crippen LogP) is 5.17. The van der Waals surface area contributed by atoms with Crippen molar-refractivity contribution in [2.24, 2.45) is 5.73 Å². The van der Waals surface area contributed by atoms with E-state index >= 15 is 0 Å². The van der Waals surface area contributed by atoms with Crippen LogP contribution in [0.1, 0.15) is 17.5 Å². The van der Waals surface area contributed by atoms with E-state index in [-0.39, 0.29) is 19.0 Å². The third kappa shape index (κ3) is 6.42. The summed E-state index contributed by atoms with van der Waals surface area (Å²) in [7, 11) is -0.909. The van der Waals surface area contributed by atoms with Crippen molar-refractivity contribution in [2.45, 2.75) is 25.3 Å². The average Bonchev–Trinajstić information content (AvgIpc) is 2.78. The topological polar surface area (TPSA) is 81.8 Å². The summed E-state index contributed by atoms with van der Waals surface area (Å²) in [5.74, 6) is 0.724. The molecule has 0 amide bonds. The Morgan fingerprint density at radius 3 is 2.32 bits per heavy atom. The molecule has 2 atom stereocenters. The average molecular weight is 442 g/mol. The fourth-order valence-electron chi connectivity index (χ4n) is 3.15. The van der Waals surface area contributed by atoms with Crippen LogP contribution in [0.15, 0.2) is 66.7 Å². The van der Waals surface area contributed by atoms with Gasteiger partial charge in [0.05, 0.1) is 12.1 Å². The summed E-state index contributed by atoms with van der Waals surface area (Å²) in [5, 5.41) is 9.49. The minimum atomic E-state index is -0.949. The minimum Gasteiger partial charge on any atom is -0.457 e. The number of benzene rings is 3. The van der Waals surface area contributed by atoms with Gasteiger partial charge in [0.2, 0.25) is 0 Å². The van der Waals surface area contributed by atoms with Gasteiger partial charge in [-0.15, -0.1) is 4.52 Å². The van der Waals surface area contributed by atoms with Crippen molar-refractivity contribution in [1.29, 1.82) is 0 Å². The van der Waals surface area contributed by atoms with Gasteiger partial charge in [0.15, 0.2) is 0 Å². The maximum absolute atomic E-state index is 14.7. The van der Waals surface area contributed by atoms with Gasteiger partial charge < -0.3 is 15.6 Å². The summed E-state index contributed by atoms with van der Waals surface area (Å²) >= 11 is 0. The Hall–Kier alpha value is -2.63. The molecule has 0 aliphatic heterocycles. The zero-order valence-corrected chi connectivity index (χ0v) is 18.3. The molecule has 0 saturated heterocycles. The number of hydrogen-bond acceptors (Lipinski definition) is 5. The van der Waals surface area contributed by atoms with Gasteiger partial charge >= 0.3 is 8.69 Å². The van der Waals surface area contributed by atoms with Crippen LogP contribution in [-0.4, -0.2) is 23.9 Å². The highest BCUT2D eigenvalue weighted by Crippen LogP contribution is 2.29. The van der Waals surface area contributed by atoms with Gasteiger partial charge in [-0.1, -0.05) is 42.0 Å². The van der Waals surface area contributed by atoms with Crippen molar-refractivity contribution in [3.8, 4) is 22.6 Å². The highest BCUT2D eigenvalue weighted by molar-refractivity contribution is 7.17. The summed E-state index contributed by atoms with van der Waals surface area (Å²) in [6.07, 6.45) is 1.07. The first kappa shape index (κ1) is 23.0. The van der Waals surface area contributed by atoms with Gasteiger partial charge in [0, 0.05) is 11.6 Å². The molecule has 0 spiro atoms. The Kier molecular flexibility index (Phi) is 7.88. The summed E-state index contributed by atoms with van der Waals surface area (Å²) in [6.45, 7) is 1.75. The predicted molar refractivity (Wildman–Crippen MR) is 120 cm³/mol. The third-order valence-corrected chi connectivity index (χ3v) is 5.37. The molecule has 3 aromatic rings. The molecule has 2 unspecified atom stereocenters. The fourth-order valence-corrected chi connectivity index (χ4v) is 3.50. The van der Waals surface area contributed by atoms with Gasteiger partial charge in [0.25, 0.3) is 0 Å². The van der Waals surface area contributed by atoms with Crippen LogP contribution in [-0.2, 0) is 15.5 Å². The number of halogens is 1. The number of aliphatic hydroxyl groups excluding tert-OH is 1. The Morgan fingerprint density at radius 1 is 1.03 bits per heavy atom. The van der Waals surface area contributed by atoms with Crippen LogP contribution < -0.4 is 10.5 Å². The molecule has 0 saturated carbocycles. The smallest absolute Gasteiger partial charge is 0.457 e. The zero-order valence-electron chi connectivity index (χ0n) is 17.3. The normalized spacial score (nSPS) is 13.2. The maximum Gasteiger partial charge on any atom is 0.494 e. The van der Waals surface area contributed by atoms with Gasteiger partial charge in [-0.25, -0.2) is 4.39 Å². The highest BCUT2D eigenvalue weighted by Gasteiger charge is 2.26. The molecule has 0 radical (unpaired) electrons. The monoisotopic (exact) mass is 442 g/mol. The highest BCUT2D eigenvalue weighted by atomic mass is 31.1. The SMILES string of the molecule is Cc1ccc(Oc2ccc(-c3ccc(CCC(N)(CO)CO[PH+]=O)cc3)c(F)c2)cc1. The molecular weight excluding hydrogens is 416 g/mol. The molecule has 162 valence electrons. The van der Waals surface area contributed by atoms with Crippen LogP contribution in [0.3, 0.4) is 0 Å². The largest absolute Gasteiger partial charge is 0.494 e. The Labute approximate surface area is 182 Å². The molecule has 3 N–H and O–H groups in total. The van der Waals surface area contributed by atoms with E-state index in [1.807, 2.05) is 55.5 Å². The maximum atomic E-state index is 14.7. The van der Waals surface area contributed by atoms with E-state index in [9.17, 15) is 14.1 Å². The van der Waals surface area contributed by atoms with Crippen molar-refractivity contribution in [3.05, 3.63) is 83.7 Å². The van der Waals surface area contributed by atoms with Crippen LogP contribution in [0.25, 0.3) is 11.1 Å². The molecule has 5 nitrogen and oxygen atoms in total. The second-order valence-corrected chi connectivity index (χ2v) is 8.10. The second kappa shape index (κ2) is 10.6. The zero-order chi connectivity index (χ0) is 22.3. The fraction of sp³-hybridized carbons (Fsp3) is 0.250. The molecule has 0 fully saturated rings. The van der Waals surface area contributed by atoms with E-state index in [4.69, 9.17) is 15.0 Å². The molecule has 3 aromatic carbocycles. The molecule has 31 heavy (non-hydrogen) atoms. The Bertz CT molecular complexity index is 1010. The van der Waals surface area contributed by atoms with Crippen LogP contribution in [0.4, 0.5) is 4.39 Å². The van der Waals surface area contributed by atoms with E-state index < -0.39 is 14.2 Å². The van der Waals surface area contributed by atoms with Gasteiger partial charge in [0.1, 0.15) is 23.9 Å². The number of ether oxygens (including phenoxy) is 1. The molecule has 0 bridgehead atoms. The lowest BCUT2D eigenvalue weighted by molar-refractivity contribution is 0.133.